The molecule has 5 nitrogen and oxygen atoms in total. The maximum Gasteiger partial charge on any atom is 1.00 e. The summed E-state index contributed by atoms with van der Waals surface area (Å²) in [5.74, 6) is -2.53. The van der Waals surface area contributed by atoms with Crippen LogP contribution >= 0.6 is 8.85 Å². The quantitative estimate of drug-likeness (QED) is 0.505. The number of benzene rings is 1. The number of carbonyl (C=O) groups excluding carboxylic acids is 1. The Hall–Kier alpha value is -0.660. The Bertz CT molecular complexity index is 359. The predicted octanol–water partition coefficient (Wildman–Crippen LogP) is -1.95. The van der Waals surface area contributed by atoms with Crippen molar-refractivity contribution in [1.82, 2.24) is 0 Å². The first-order chi connectivity index (χ1) is 7.34. The van der Waals surface area contributed by atoms with Crippen LogP contribution in [0, 0.1) is 0 Å². The van der Waals surface area contributed by atoms with Gasteiger partial charge in [-0.3, -0.25) is 0 Å². The average molecular weight is 294 g/mol. The fraction of sp³-hybridized carbons (Fsp3) is 0. The van der Waals surface area contributed by atoms with E-state index < -0.39 is 20.8 Å². The normalized spacial score (nSPS) is 8.22. The van der Waals surface area contributed by atoms with E-state index in [2.05, 4.69) is 0 Å². The largest absolute Gasteiger partial charge is 1.00 e. The van der Waals surface area contributed by atoms with Gasteiger partial charge in [0.1, 0.15) is 0 Å². The Morgan fingerprint density at radius 1 is 1.17 bits per heavy atom. The summed E-state index contributed by atoms with van der Waals surface area (Å²) in [6, 6.07) is 5.00. The molecule has 0 bridgehead atoms. The van der Waals surface area contributed by atoms with Crippen LogP contribution in [0.25, 0.3) is 0 Å². The van der Waals surface area contributed by atoms with E-state index in [1.54, 1.807) is 0 Å². The van der Waals surface area contributed by atoms with Crippen molar-refractivity contribution in [2.75, 3.05) is 0 Å². The molecule has 0 atom stereocenters. The molecule has 0 aliphatic heterocycles. The van der Waals surface area contributed by atoms with Crippen LogP contribution in [0.3, 0.4) is 0 Å². The van der Waals surface area contributed by atoms with Crippen molar-refractivity contribution in [3.05, 3.63) is 35.4 Å². The molecule has 0 saturated carbocycles. The minimum absolute atomic E-state index is 0. The Labute approximate surface area is 123 Å². The Balaban J connectivity index is -0.000000332. The summed E-state index contributed by atoms with van der Waals surface area (Å²) in [4.78, 5) is 20.6. The van der Waals surface area contributed by atoms with Crippen molar-refractivity contribution in [3.63, 3.8) is 0 Å². The van der Waals surface area contributed by atoms with Gasteiger partial charge in [-0.1, -0.05) is 12.1 Å². The number of rotatable bonds is 2. The zero-order valence-corrected chi connectivity index (χ0v) is 12.0. The molecule has 0 heterocycles. The number of carbonyl (C=O) groups is 2. The van der Waals surface area contributed by atoms with Gasteiger partial charge in [-0.15, -0.1) is 0 Å². The zero-order valence-electron chi connectivity index (χ0n) is 9.06. The molecule has 1 aromatic rings. The first-order valence-corrected chi connectivity index (χ1v) is 4.68. The summed E-state index contributed by atoms with van der Waals surface area (Å²) >= 11 is 0. The second kappa shape index (κ2) is 11.4. The summed E-state index contributed by atoms with van der Waals surface area (Å²) in [6.07, 6.45) is 0. The van der Waals surface area contributed by atoms with Crippen molar-refractivity contribution in [2.24, 2.45) is 0 Å². The van der Waals surface area contributed by atoms with E-state index in [-0.39, 0.29) is 46.2 Å². The average Bonchev–Trinajstić information content (AvgIpc) is 2.17. The molecule has 1 aromatic carbocycles. The molecule has 3 N–H and O–H groups in total. The number of carboxylic acids is 2. The van der Waals surface area contributed by atoms with Gasteiger partial charge in [0.25, 0.3) is 0 Å². The molecule has 10 heteroatoms. The van der Waals surface area contributed by atoms with E-state index in [0.717, 1.165) is 6.07 Å². The van der Waals surface area contributed by atoms with Gasteiger partial charge in [0.05, 0.1) is 11.5 Å². The van der Waals surface area contributed by atoms with Crippen LogP contribution in [0.1, 0.15) is 20.7 Å². The monoisotopic (exact) mass is 294 g/mol. The molecule has 96 valence electrons. The molecule has 0 aromatic heterocycles. The van der Waals surface area contributed by atoms with Crippen LogP contribution in [0.5, 0.6) is 0 Å². The topological polar surface area (TPSA) is 109 Å². The maximum atomic E-state index is 10.4. The molecule has 1 rings (SSSR count). The molecule has 0 fully saturated rings. The van der Waals surface area contributed by atoms with Crippen molar-refractivity contribution < 1.29 is 67.4 Å². The SMILES string of the molecule is FP(F)F.O.O=C([O-])c1cccc(C(=O)O)c1.[Na+]. The third-order valence-electron chi connectivity index (χ3n) is 1.35. The van der Waals surface area contributed by atoms with E-state index in [1.807, 2.05) is 0 Å². The predicted molar refractivity (Wildman–Crippen MR) is 51.6 cm³/mol. The van der Waals surface area contributed by atoms with Gasteiger partial charge >= 0.3 is 44.4 Å². The van der Waals surface area contributed by atoms with Crippen molar-refractivity contribution in [2.45, 2.75) is 0 Å². The standard InChI is InChI=1S/C8H6O4.F3P.Na.H2O/c9-7(10)5-2-1-3-6(4-5)8(11)12;1-4(2)3;;/h1-4H,(H,9,10)(H,11,12);;;1H2/q;;+1;/p-1. The Morgan fingerprint density at radius 3 is 1.89 bits per heavy atom. The molecule has 0 saturated heterocycles. The summed E-state index contributed by atoms with van der Waals surface area (Å²) < 4.78 is 29.2. The smallest absolute Gasteiger partial charge is 0.545 e. The maximum absolute atomic E-state index is 10.4. The van der Waals surface area contributed by atoms with Gasteiger partial charge in [-0.25, -0.2) is 4.79 Å². The molecular formula is C8H7F3NaO5P. The van der Waals surface area contributed by atoms with Crippen molar-refractivity contribution in [3.8, 4) is 0 Å². The fourth-order valence-corrected chi connectivity index (χ4v) is 0.779. The zero-order chi connectivity index (χ0) is 12.7. The van der Waals surface area contributed by atoms with Gasteiger partial charge in [0, 0.05) is 0 Å². The van der Waals surface area contributed by atoms with Gasteiger partial charge in [0.15, 0.2) is 0 Å². The molecule has 0 aliphatic carbocycles. The molecule has 0 spiro atoms. The number of halogens is 3. The third-order valence-corrected chi connectivity index (χ3v) is 1.35. The van der Waals surface area contributed by atoms with E-state index in [1.165, 1.54) is 18.2 Å². The van der Waals surface area contributed by atoms with Gasteiger partial charge in [-0.2, -0.15) is 12.6 Å². The van der Waals surface area contributed by atoms with Crippen LogP contribution in [0.2, 0.25) is 0 Å². The summed E-state index contributed by atoms with van der Waals surface area (Å²) in [6.45, 7) is 0. The number of hydrogen-bond acceptors (Lipinski definition) is 3. The van der Waals surface area contributed by atoms with Gasteiger partial charge < -0.3 is 20.5 Å². The molecule has 0 aliphatic rings. The second-order valence-corrected chi connectivity index (χ2v) is 2.75. The van der Waals surface area contributed by atoms with Crippen LogP contribution in [-0.2, 0) is 0 Å². The first-order valence-electron chi connectivity index (χ1n) is 3.66. The minimum Gasteiger partial charge on any atom is -0.545 e. The third kappa shape index (κ3) is 10.5. The Morgan fingerprint density at radius 2 is 1.56 bits per heavy atom. The minimum atomic E-state index is -4.12. The summed E-state index contributed by atoms with van der Waals surface area (Å²) in [7, 11) is -4.12. The molecule has 0 unspecified atom stereocenters. The number of hydrogen-bond donors (Lipinski definition) is 1. The molecule has 18 heavy (non-hydrogen) atoms. The van der Waals surface area contributed by atoms with E-state index in [0.29, 0.717) is 0 Å². The van der Waals surface area contributed by atoms with Crippen LogP contribution in [0.15, 0.2) is 24.3 Å². The first kappa shape index (κ1) is 22.5. The Kier molecular flexibility index (Phi) is 14.3. The van der Waals surface area contributed by atoms with Crippen molar-refractivity contribution in [1.29, 1.82) is 0 Å². The van der Waals surface area contributed by atoms with Gasteiger partial charge in [0.2, 0.25) is 0 Å². The fourth-order valence-electron chi connectivity index (χ4n) is 0.779. The summed E-state index contributed by atoms with van der Waals surface area (Å²) in [5, 5.41) is 18.7. The number of aromatic carboxylic acids is 2. The summed E-state index contributed by atoms with van der Waals surface area (Å²) in [5.41, 5.74) is -0.188. The van der Waals surface area contributed by atoms with Crippen LogP contribution in [0.4, 0.5) is 12.6 Å². The van der Waals surface area contributed by atoms with Crippen LogP contribution < -0.4 is 34.7 Å². The van der Waals surface area contributed by atoms with E-state index in [9.17, 15) is 27.3 Å². The second-order valence-electron chi connectivity index (χ2n) is 2.37. The number of carboxylic acid groups (broad SMARTS) is 2. The van der Waals surface area contributed by atoms with Gasteiger partial charge in [-0.05, 0) is 17.7 Å². The molecule has 0 radical (unpaired) electrons. The van der Waals surface area contributed by atoms with E-state index >= 15 is 0 Å². The molecular weight excluding hydrogens is 287 g/mol. The van der Waals surface area contributed by atoms with E-state index in [4.69, 9.17) is 5.11 Å². The molecule has 0 amide bonds. The van der Waals surface area contributed by atoms with Crippen LogP contribution in [-0.4, -0.2) is 22.5 Å². The van der Waals surface area contributed by atoms with Crippen molar-refractivity contribution >= 4 is 20.8 Å².